The predicted octanol–water partition coefficient (Wildman–Crippen LogP) is 2.45. The molecule has 0 radical (unpaired) electrons. The number of para-hydroxylation sites is 1. The summed E-state index contributed by atoms with van der Waals surface area (Å²) in [5.74, 6) is -2.94. The minimum absolute atomic E-state index is 0.0447. The van der Waals surface area contributed by atoms with Crippen LogP contribution in [0.25, 0.3) is 10.9 Å². The molecule has 1 fully saturated rings. The molecule has 2 aromatic rings. The Hall–Kier alpha value is -4.22. The van der Waals surface area contributed by atoms with Gasteiger partial charge in [0.25, 0.3) is 5.91 Å². The van der Waals surface area contributed by atoms with Crippen LogP contribution in [0.1, 0.15) is 61.4 Å². The standard InChI is InChI=1S/C27H34N4O8/c1-5-38-26(37)31-14-12-30(13-15-31)24(34)20(10-11-22(32)39-27(2,3)4)29-23(33)21-16-18(25(35)36)17-8-6-7-9-19(17)28-21/h6-9,16,20H,5,10-15H2,1-4H3,(H,29,33)(H,35,36)/t20-/m0/s1. The van der Waals surface area contributed by atoms with E-state index >= 15 is 0 Å². The molecule has 3 amide bonds. The molecule has 2 N–H and O–H groups in total. The van der Waals surface area contributed by atoms with Crippen LogP contribution in [0.2, 0.25) is 0 Å². The molecular weight excluding hydrogens is 508 g/mol. The lowest BCUT2D eigenvalue weighted by atomic mass is 10.1. The number of amides is 3. The van der Waals surface area contributed by atoms with Crippen LogP contribution >= 0.6 is 0 Å². The number of esters is 1. The second-order valence-electron chi connectivity index (χ2n) is 10.0. The van der Waals surface area contributed by atoms with Gasteiger partial charge in [-0.05, 0) is 46.2 Å². The van der Waals surface area contributed by atoms with E-state index in [9.17, 15) is 29.1 Å². The Morgan fingerprint density at radius 1 is 1.05 bits per heavy atom. The van der Waals surface area contributed by atoms with Crippen LogP contribution in [0, 0.1) is 0 Å². The number of carboxylic acid groups (broad SMARTS) is 1. The van der Waals surface area contributed by atoms with E-state index in [0.717, 1.165) is 6.07 Å². The fourth-order valence-corrected chi connectivity index (χ4v) is 4.16. The summed E-state index contributed by atoms with van der Waals surface area (Å²) in [6, 6.07) is 6.58. The molecule has 1 aliphatic heterocycles. The van der Waals surface area contributed by atoms with Crippen LogP contribution in [0.5, 0.6) is 0 Å². The average molecular weight is 543 g/mol. The number of benzene rings is 1. The van der Waals surface area contributed by atoms with Gasteiger partial charge < -0.3 is 29.7 Å². The molecular formula is C27H34N4O8. The van der Waals surface area contributed by atoms with E-state index in [2.05, 4.69) is 10.3 Å². The predicted molar refractivity (Wildman–Crippen MR) is 140 cm³/mol. The number of piperazine rings is 1. The van der Waals surface area contributed by atoms with Gasteiger partial charge in [0.05, 0.1) is 17.7 Å². The van der Waals surface area contributed by atoms with Crippen molar-refractivity contribution in [3.63, 3.8) is 0 Å². The highest BCUT2D eigenvalue weighted by molar-refractivity contribution is 6.06. The molecule has 12 heteroatoms. The fourth-order valence-electron chi connectivity index (χ4n) is 4.16. The van der Waals surface area contributed by atoms with Crippen LogP contribution in [0.3, 0.4) is 0 Å². The van der Waals surface area contributed by atoms with Crippen LogP contribution in [-0.4, -0.2) is 94.2 Å². The van der Waals surface area contributed by atoms with E-state index in [4.69, 9.17) is 9.47 Å². The van der Waals surface area contributed by atoms with Gasteiger partial charge in [0.15, 0.2) is 0 Å². The summed E-state index contributed by atoms with van der Waals surface area (Å²) in [7, 11) is 0. The molecule has 0 aliphatic carbocycles. The van der Waals surface area contributed by atoms with Crippen molar-refractivity contribution in [1.29, 1.82) is 0 Å². The van der Waals surface area contributed by atoms with E-state index in [1.165, 1.54) is 9.80 Å². The zero-order valence-corrected chi connectivity index (χ0v) is 22.6. The number of carboxylic acids is 1. The van der Waals surface area contributed by atoms with Crippen LogP contribution in [0.4, 0.5) is 4.79 Å². The molecule has 0 spiro atoms. The fraction of sp³-hybridized carbons (Fsp3) is 0.481. The van der Waals surface area contributed by atoms with Gasteiger partial charge in [-0.1, -0.05) is 18.2 Å². The molecule has 1 saturated heterocycles. The van der Waals surface area contributed by atoms with Gasteiger partial charge in [-0.3, -0.25) is 14.4 Å². The van der Waals surface area contributed by atoms with E-state index in [0.29, 0.717) is 10.9 Å². The number of rotatable bonds is 8. The summed E-state index contributed by atoms with van der Waals surface area (Å²) in [6.07, 6.45) is -0.643. The van der Waals surface area contributed by atoms with Crippen molar-refractivity contribution in [2.75, 3.05) is 32.8 Å². The third kappa shape index (κ3) is 7.88. The highest BCUT2D eigenvalue weighted by atomic mass is 16.6. The second kappa shape index (κ2) is 12.5. The van der Waals surface area contributed by atoms with Gasteiger partial charge in [0.2, 0.25) is 5.91 Å². The Balaban J connectivity index is 1.80. The smallest absolute Gasteiger partial charge is 0.409 e. The first-order chi connectivity index (χ1) is 18.4. The maximum atomic E-state index is 13.5. The molecule has 2 heterocycles. The Kier molecular flexibility index (Phi) is 9.44. The van der Waals surface area contributed by atoms with E-state index < -0.39 is 41.5 Å². The van der Waals surface area contributed by atoms with Crippen molar-refractivity contribution in [3.05, 3.63) is 41.6 Å². The first kappa shape index (κ1) is 29.3. The van der Waals surface area contributed by atoms with E-state index in [-0.39, 0.29) is 56.9 Å². The molecule has 12 nitrogen and oxygen atoms in total. The zero-order valence-electron chi connectivity index (χ0n) is 22.6. The highest BCUT2D eigenvalue weighted by Gasteiger charge is 2.32. The number of fused-ring (bicyclic) bond motifs is 1. The van der Waals surface area contributed by atoms with Crippen molar-refractivity contribution in [1.82, 2.24) is 20.1 Å². The minimum Gasteiger partial charge on any atom is -0.478 e. The number of aromatic nitrogens is 1. The molecule has 210 valence electrons. The first-order valence-electron chi connectivity index (χ1n) is 12.8. The summed E-state index contributed by atoms with van der Waals surface area (Å²) in [5, 5.41) is 12.7. The van der Waals surface area contributed by atoms with Crippen LogP contribution < -0.4 is 5.32 Å². The number of carbonyl (C=O) groups is 5. The minimum atomic E-state index is -1.22. The molecule has 1 aromatic carbocycles. The van der Waals surface area contributed by atoms with Crippen LogP contribution in [-0.2, 0) is 19.1 Å². The monoisotopic (exact) mass is 542 g/mol. The maximum absolute atomic E-state index is 13.5. The molecule has 1 aromatic heterocycles. The molecule has 0 bridgehead atoms. The summed E-state index contributed by atoms with van der Waals surface area (Å²) in [4.78, 5) is 70.2. The molecule has 3 rings (SSSR count). The number of aromatic carboxylic acids is 1. The normalized spacial score (nSPS) is 14.5. The first-order valence-corrected chi connectivity index (χ1v) is 12.8. The van der Waals surface area contributed by atoms with E-state index in [1.54, 1.807) is 52.0 Å². The van der Waals surface area contributed by atoms with Crippen molar-refractivity contribution in [3.8, 4) is 0 Å². The second-order valence-corrected chi connectivity index (χ2v) is 10.0. The number of carbonyl (C=O) groups excluding carboxylic acids is 4. The number of nitrogens with zero attached hydrogens (tertiary/aromatic N) is 3. The quantitative estimate of drug-likeness (QED) is 0.479. The van der Waals surface area contributed by atoms with Gasteiger partial charge in [-0.25, -0.2) is 14.6 Å². The summed E-state index contributed by atoms with van der Waals surface area (Å²) in [6.45, 7) is 8.07. The van der Waals surface area contributed by atoms with Gasteiger partial charge >= 0.3 is 18.0 Å². The third-order valence-electron chi connectivity index (χ3n) is 5.96. The van der Waals surface area contributed by atoms with E-state index in [1.807, 2.05) is 0 Å². The zero-order chi connectivity index (χ0) is 28.7. The number of hydrogen-bond donors (Lipinski definition) is 2. The van der Waals surface area contributed by atoms with Gasteiger partial charge in [-0.15, -0.1) is 0 Å². The van der Waals surface area contributed by atoms with Crippen molar-refractivity contribution in [2.24, 2.45) is 0 Å². The SMILES string of the molecule is CCOC(=O)N1CCN(C(=O)[C@H](CCC(=O)OC(C)(C)C)NC(=O)c2cc(C(=O)O)c3ccccc3n2)CC1. The van der Waals surface area contributed by atoms with Gasteiger partial charge in [0, 0.05) is 38.0 Å². The largest absolute Gasteiger partial charge is 0.478 e. The van der Waals surface area contributed by atoms with Gasteiger partial charge in [-0.2, -0.15) is 0 Å². The van der Waals surface area contributed by atoms with Crippen molar-refractivity contribution < 1.29 is 38.6 Å². The Morgan fingerprint density at radius 3 is 2.31 bits per heavy atom. The van der Waals surface area contributed by atoms with Gasteiger partial charge in [0.1, 0.15) is 17.3 Å². The summed E-state index contributed by atoms with van der Waals surface area (Å²) >= 11 is 0. The Labute approximate surface area is 226 Å². The lowest BCUT2D eigenvalue weighted by Gasteiger charge is -2.36. The molecule has 0 unspecified atom stereocenters. The highest BCUT2D eigenvalue weighted by Crippen LogP contribution is 2.19. The molecule has 1 aliphatic rings. The average Bonchev–Trinajstić information content (AvgIpc) is 2.89. The van der Waals surface area contributed by atoms with Crippen molar-refractivity contribution in [2.45, 2.75) is 52.2 Å². The number of pyridine rings is 1. The number of hydrogen-bond acceptors (Lipinski definition) is 8. The lowest BCUT2D eigenvalue weighted by molar-refractivity contribution is -0.155. The number of ether oxygens (including phenoxy) is 2. The molecule has 0 saturated carbocycles. The summed E-state index contributed by atoms with van der Waals surface area (Å²) < 4.78 is 10.4. The topological polar surface area (TPSA) is 155 Å². The maximum Gasteiger partial charge on any atom is 0.409 e. The Morgan fingerprint density at radius 2 is 1.69 bits per heavy atom. The molecule has 1 atom stereocenters. The summed E-state index contributed by atoms with van der Waals surface area (Å²) in [5.41, 5.74) is -0.675. The lowest BCUT2D eigenvalue weighted by Crippen LogP contribution is -2.56. The number of nitrogens with one attached hydrogen (secondary N) is 1. The van der Waals surface area contributed by atoms with Crippen molar-refractivity contribution >= 4 is 40.7 Å². The van der Waals surface area contributed by atoms with Crippen LogP contribution in [0.15, 0.2) is 30.3 Å². The molecule has 39 heavy (non-hydrogen) atoms. The third-order valence-corrected chi connectivity index (χ3v) is 5.96. The Bertz CT molecular complexity index is 1250.